The van der Waals surface area contributed by atoms with Gasteiger partial charge < -0.3 is 14.6 Å². The van der Waals surface area contributed by atoms with Gasteiger partial charge in [-0.1, -0.05) is 11.6 Å². The molecule has 2 rings (SSSR count). The van der Waals surface area contributed by atoms with Crippen molar-refractivity contribution in [1.29, 1.82) is 0 Å². The summed E-state index contributed by atoms with van der Waals surface area (Å²) in [7, 11) is 1.53. The van der Waals surface area contributed by atoms with E-state index < -0.39 is 6.10 Å². The molecule has 0 aliphatic rings. The number of pyridine rings is 1. The highest BCUT2D eigenvalue weighted by atomic mass is 35.5. The van der Waals surface area contributed by atoms with Crippen LogP contribution in [0.1, 0.15) is 32.4 Å². The van der Waals surface area contributed by atoms with Gasteiger partial charge in [-0.05, 0) is 32.9 Å². The minimum absolute atomic E-state index is 0.0311. The van der Waals surface area contributed by atoms with Crippen LogP contribution in [0.2, 0.25) is 5.02 Å². The number of hydrogen-bond acceptors (Lipinski definition) is 4. The summed E-state index contributed by atoms with van der Waals surface area (Å²) in [4.78, 5) is 4.40. The zero-order valence-corrected chi connectivity index (χ0v) is 12.7. The summed E-state index contributed by atoms with van der Waals surface area (Å²) in [6.07, 6.45) is -0.629. The molecule has 1 N–H and O–H groups in total. The Morgan fingerprint density at radius 1 is 1.20 bits per heavy atom. The van der Waals surface area contributed by atoms with Crippen molar-refractivity contribution in [2.45, 2.75) is 33.0 Å². The fourth-order valence-corrected chi connectivity index (χ4v) is 2.20. The lowest BCUT2D eigenvalue weighted by atomic mass is 10.1. The first-order chi connectivity index (χ1) is 9.42. The standard InChI is InChI=1S/C15H18ClNO3/c1-8(2)20-14-7-13-10(6-12(14)16)5-11(9(3)18)15(17-13)19-4/h5-9,18H,1-4H3. The minimum atomic E-state index is -0.660. The third-order valence-electron chi connectivity index (χ3n) is 2.87. The van der Waals surface area contributed by atoms with Crippen LogP contribution in [0.5, 0.6) is 11.6 Å². The molecule has 5 heteroatoms. The molecule has 1 aromatic heterocycles. The third kappa shape index (κ3) is 2.97. The predicted octanol–water partition coefficient (Wildman–Crippen LogP) is 3.74. The molecule has 0 saturated heterocycles. The number of benzene rings is 1. The maximum Gasteiger partial charge on any atom is 0.219 e. The van der Waals surface area contributed by atoms with E-state index in [1.165, 1.54) is 7.11 Å². The van der Waals surface area contributed by atoms with E-state index in [4.69, 9.17) is 21.1 Å². The summed E-state index contributed by atoms with van der Waals surface area (Å²) in [6, 6.07) is 5.40. The van der Waals surface area contributed by atoms with Gasteiger partial charge in [0.25, 0.3) is 0 Å². The quantitative estimate of drug-likeness (QED) is 0.933. The average Bonchev–Trinajstić information content (AvgIpc) is 2.37. The number of methoxy groups -OCH3 is 1. The number of hydrogen-bond donors (Lipinski definition) is 1. The van der Waals surface area contributed by atoms with Crippen molar-refractivity contribution in [2.75, 3.05) is 7.11 Å². The van der Waals surface area contributed by atoms with E-state index >= 15 is 0 Å². The van der Waals surface area contributed by atoms with E-state index in [-0.39, 0.29) is 6.10 Å². The number of aliphatic hydroxyl groups excluding tert-OH is 1. The lowest BCUT2D eigenvalue weighted by molar-refractivity contribution is 0.193. The van der Waals surface area contributed by atoms with Gasteiger partial charge in [0.2, 0.25) is 5.88 Å². The Balaban J connectivity index is 2.60. The molecule has 0 amide bonds. The van der Waals surface area contributed by atoms with Crippen LogP contribution in [0.4, 0.5) is 0 Å². The fourth-order valence-electron chi connectivity index (χ4n) is 1.98. The van der Waals surface area contributed by atoms with Gasteiger partial charge in [0, 0.05) is 17.0 Å². The number of aliphatic hydroxyl groups is 1. The van der Waals surface area contributed by atoms with E-state index in [0.29, 0.717) is 27.7 Å². The summed E-state index contributed by atoms with van der Waals surface area (Å²) < 4.78 is 10.9. The van der Waals surface area contributed by atoms with E-state index in [1.54, 1.807) is 19.1 Å². The molecule has 4 nitrogen and oxygen atoms in total. The van der Waals surface area contributed by atoms with Crippen molar-refractivity contribution in [1.82, 2.24) is 4.98 Å². The maximum absolute atomic E-state index is 9.76. The van der Waals surface area contributed by atoms with Gasteiger partial charge in [0.1, 0.15) is 5.75 Å². The predicted molar refractivity (Wildman–Crippen MR) is 79.7 cm³/mol. The average molecular weight is 296 g/mol. The van der Waals surface area contributed by atoms with Crippen molar-refractivity contribution >= 4 is 22.5 Å². The zero-order chi connectivity index (χ0) is 14.9. The van der Waals surface area contributed by atoms with E-state index in [1.807, 2.05) is 19.9 Å². The Kier molecular flexibility index (Phi) is 4.35. The second-order valence-electron chi connectivity index (χ2n) is 4.90. The summed E-state index contributed by atoms with van der Waals surface area (Å²) in [5.74, 6) is 0.999. The van der Waals surface area contributed by atoms with Crippen LogP contribution in [0.25, 0.3) is 10.9 Å². The molecule has 0 fully saturated rings. The lowest BCUT2D eigenvalue weighted by Gasteiger charge is -2.14. The van der Waals surface area contributed by atoms with Gasteiger partial charge >= 0.3 is 0 Å². The number of rotatable bonds is 4. The second kappa shape index (κ2) is 5.85. The first kappa shape index (κ1) is 14.9. The number of ether oxygens (including phenoxy) is 2. The van der Waals surface area contributed by atoms with Gasteiger partial charge in [0.15, 0.2) is 0 Å². The van der Waals surface area contributed by atoms with Crippen LogP contribution >= 0.6 is 11.6 Å². The number of halogens is 1. The molecule has 1 unspecified atom stereocenters. The fraction of sp³-hybridized carbons (Fsp3) is 0.400. The lowest BCUT2D eigenvalue weighted by Crippen LogP contribution is -2.06. The highest BCUT2D eigenvalue weighted by Gasteiger charge is 2.14. The SMILES string of the molecule is COc1nc2cc(OC(C)C)c(Cl)cc2cc1C(C)O. The Hall–Kier alpha value is -1.52. The van der Waals surface area contributed by atoms with Crippen molar-refractivity contribution in [3.63, 3.8) is 0 Å². The Bertz CT molecular complexity index is 626. The van der Waals surface area contributed by atoms with Gasteiger partial charge in [-0.3, -0.25) is 0 Å². The van der Waals surface area contributed by atoms with Crippen LogP contribution < -0.4 is 9.47 Å². The third-order valence-corrected chi connectivity index (χ3v) is 3.16. The molecular weight excluding hydrogens is 278 g/mol. The smallest absolute Gasteiger partial charge is 0.219 e. The van der Waals surface area contributed by atoms with Crippen molar-refractivity contribution in [3.8, 4) is 11.6 Å². The minimum Gasteiger partial charge on any atom is -0.489 e. The van der Waals surface area contributed by atoms with Crippen LogP contribution in [0.15, 0.2) is 18.2 Å². The number of aromatic nitrogens is 1. The van der Waals surface area contributed by atoms with E-state index in [2.05, 4.69) is 4.98 Å². The molecule has 1 aromatic carbocycles. The van der Waals surface area contributed by atoms with Crippen LogP contribution in [-0.2, 0) is 0 Å². The van der Waals surface area contributed by atoms with E-state index in [0.717, 1.165) is 5.39 Å². The van der Waals surface area contributed by atoms with Crippen LogP contribution in [-0.4, -0.2) is 23.3 Å². The van der Waals surface area contributed by atoms with Crippen molar-refractivity contribution in [2.24, 2.45) is 0 Å². The molecular formula is C15H18ClNO3. The van der Waals surface area contributed by atoms with Gasteiger partial charge in [-0.2, -0.15) is 0 Å². The highest BCUT2D eigenvalue weighted by molar-refractivity contribution is 6.32. The summed E-state index contributed by atoms with van der Waals surface area (Å²) in [5, 5.41) is 11.1. The molecule has 1 heterocycles. The molecule has 0 radical (unpaired) electrons. The Morgan fingerprint density at radius 2 is 1.90 bits per heavy atom. The first-order valence-electron chi connectivity index (χ1n) is 6.45. The van der Waals surface area contributed by atoms with Crippen LogP contribution in [0.3, 0.4) is 0 Å². The molecule has 1 atom stereocenters. The number of fused-ring (bicyclic) bond motifs is 1. The van der Waals surface area contributed by atoms with Crippen molar-refractivity contribution in [3.05, 3.63) is 28.8 Å². The summed E-state index contributed by atoms with van der Waals surface area (Å²) >= 11 is 6.21. The summed E-state index contributed by atoms with van der Waals surface area (Å²) in [5.41, 5.74) is 1.35. The molecule has 108 valence electrons. The summed E-state index contributed by atoms with van der Waals surface area (Å²) in [6.45, 7) is 5.54. The largest absolute Gasteiger partial charge is 0.489 e. The molecule has 0 spiro atoms. The number of nitrogens with zero attached hydrogens (tertiary/aromatic N) is 1. The topological polar surface area (TPSA) is 51.6 Å². The van der Waals surface area contributed by atoms with E-state index in [9.17, 15) is 5.11 Å². The normalized spacial score (nSPS) is 12.8. The van der Waals surface area contributed by atoms with Crippen molar-refractivity contribution < 1.29 is 14.6 Å². The van der Waals surface area contributed by atoms with Gasteiger partial charge in [-0.15, -0.1) is 0 Å². The maximum atomic E-state index is 9.76. The first-order valence-corrected chi connectivity index (χ1v) is 6.83. The molecule has 2 aromatic rings. The monoisotopic (exact) mass is 295 g/mol. The van der Waals surface area contributed by atoms with Gasteiger partial charge in [-0.25, -0.2) is 4.98 Å². The Labute approximate surface area is 123 Å². The molecule has 0 aliphatic carbocycles. The highest BCUT2D eigenvalue weighted by Crippen LogP contribution is 2.34. The van der Waals surface area contributed by atoms with Gasteiger partial charge in [0.05, 0.1) is 29.9 Å². The second-order valence-corrected chi connectivity index (χ2v) is 5.31. The molecule has 20 heavy (non-hydrogen) atoms. The molecule has 0 bridgehead atoms. The zero-order valence-electron chi connectivity index (χ0n) is 12.0. The molecule has 0 aliphatic heterocycles. The van der Waals surface area contributed by atoms with Crippen LogP contribution in [0, 0.1) is 0 Å². The molecule has 0 saturated carbocycles. The Morgan fingerprint density at radius 3 is 2.45 bits per heavy atom.